The van der Waals surface area contributed by atoms with Crippen LogP contribution in [-0.4, -0.2) is 50.8 Å². The van der Waals surface area contributed by atoms with Gasteiger partial charge in [-0.1, -0.05) is 15.9 Å². The van der Waals surface area contributed by atoms with E-state index in [-0.39, 0.29) is 12.0 Å². The Morgan fingerprint density at radius 1 is 1.25 bits per heavy atom. The molecule has 0 aromatic heterocycles. The van der Waals surface area contributed by atoms with Gasteiger partial charge < -0.3 is 20.7 Å². The zero-order valence-corrected chi connectivity index (χ0v) is 15.6. The molecular formula is C17H25BrN4O2. The number of benzene rings is 1. The lowest BCUT2D eigenvalue weighted by Gasteiger charge is -2.13. The first-order chi connectivity index (χ1) is 11.7. The smallest absolute Gasteiger partial charge is 0.251 e. The van der Waals surface area contributed by atoms with Crippen LogP contribution in [0.3, 0.4) is 0 Å². The normalized spacial score (nSPS) is 17.6. The first kappa shape index (κ1) is 18.7. The maximum Gasteiger partial charge on any atom is 0.251 e. The number of halogens is 1. The fourth-order valence-corrected chi connectivity index (χ4v) is 2.65. The first-order valence-electron chi connectivity index (χ1n) is 8.36. The van der Waals surface area contributed by atoms with Gasteiger partial charge in [0.2, 0.25) is 0 Å². The van der Waals surface area contributed by atoms with Crippen LogP contribution in [0, 0.1) is 0 Å². The van der Waals surface area contributed by atoms with Crippen LogP contribution in [-0.2, 0) is 4.74 Å². The molecule has 3 N–H and O–H groups in total. The van der Waals surface area contributed by atoms with Gasteiger partial charge in [-0.05, 0) is 44.0 Å². The molecule has 1 atom stereocenters. The van der Waals surface area contributed by atoms with Gasteiger partial charge in [0.25, 0.3) is 5.91 Å². The van der Waals surface area contributed by atoms with Crippen LogP contribution >= 0.6 is 15.9 Å². The van der Waals surface area contributed by atoms with E-state index in [1.807, 2.05) is 19.1 Å². The monoisotopic (exact) mass is 396 g/mol. The number of carbonyl (C=O) groups is 1. The SMILES string of the molecule is CCNC(=NCC1CCCO1)NCCNC(=O)c1ccc(Br)cc1. The summed E-state index contributed by atoms with van der Waals surface area (Å²) in [6.07, 6.45) is 2.43. The average Bonchev–Trinajstić information content (AvgIpc) is 3.10. The second kappa shape index (κ2) is 10.3. The lowest BCUT2D eigenvalue weighted by molar-refractivity contribution is 0.0954. The van der Waals surface area contributed by atoms with Crippen LogP contribution in [0.15, 0.2) is 33.7 Å². The Kier molecular flexibility index (Phi) is 8.04. The highest BCUT2D eigenvalue weighted by atomic mass is 79.9. The molecule has 1 aliphatic heterocycles. The molecule has 7 heteroatoms. The van der Waals surface area contributed by atoms with E-state index in [4.69, 9.17) is 4.74 Å². The van der Waals surface area contributed by atoms with E-state index in [2.05, 4.69) is 36.9 Å². The number of ether oxygens (including phenoxy) is 1. The molecule has 132 valence electrons. The molecular weight excluding hydrogens is 372 g/mol. The van der Waals surface area contributed by atoms with Crippen molar-refractivity contribution in [1.29, 1.82) is 0 Å². The molecule has 1 heterocycles. The van der Waals surface area contributed by atoms with Crippen LogP contribution in [0.25, 0.3) is 0 Å². The molecule has 0 bridgehead atoms. The van der Waals surface area contributed by atoms with Crippen LogP contribution in [0.4, 0.5) is 0 Å². The van der Waals surface area contributed by atoms with Crippen molar-refractivity contribution in [1.82, 2.24) is 16.0 Å². The molecule has 0 saturated carbocycles. The van der Waals surface area contributed by atoms with Gasteiger partial charge in [0.15, 0.2) is 5.96 Å². The van der Waals surface area contributed by atoms with Gasteiger partial charge in [-0.15, -0.1) is 0 Å². The minimum absolute atomic E-state index is 0.0782. The van der Waals surface area contributed by atoms with Crippen molar-refractivity contribution in [2.45, 2.75) is 25.9 Å². The van der Waals surface area contributed by atoms with E-state index >= 15 is 0 Å². The number of carbonyl (C=O) groups excluding carboxylic acids is 1. The number of hydrogen-bond acceptors (Lipinski definition) is 3. The predicted molar refractivity (Wildman–Crippen MR) is 99.4 cm³/mol. The van der Waals surface area contributed by atoms with Crippen LogP contribution in [0.2, 0.25) is 0 Å². The van der Waals surface area contributed by atoms with Crippen molar-refractivity contribution in [3.8, 4) is 0 Å². The Labute approximate surface area is 151 Å². The third kappa shape index (κ3) is 6.49. The molecule has 1 aromatic rings. The predicted octanol–water partition coefficient (Wildman–Crippen LogP) is 1.91. The van der Waals surface area contributed by atoms with Crippen LogP contribution in [0.5, 0.6) is 0 Å². The lowest BCUT2D eigenvalue weighted by Crippen LogP contribution is -2.42. The van der Waals surface area contributed by atoms with Gasteiger partial charge in [0.1, 0.15) is 0 Å². The highest BCUT2D eigenvalue weighted by Crippen LogP contribution is 2.11. The Bertz CT molecular complexity index is 542. The third-order valence-corrected chi connectivity index (χ3v) is 4.16. The second-order valence-electron chi connectivity index (χ2n) is 5.54. The minimum Gasteiger partial charge on any atom is -0.376 e. The van der Waals surface area contributed by atoms with E-state index in [1.165, 1.54) is 0 Å². The highest BCUT2D eigenvalue weighted by Gasteiger charge is 2.14. The maximum atomic E-state index is 12.0. The molecule has 1 aromatic carbocycles. The van der Waals surface area contributed by atoms with Gasteiger partial charge in [-0.3, -0.25) is 9.79 Å². The van der Waals surface area contributed by atoms with E-state index in [0.717, 1.165) is 36.4 Å². The van der Waals surface area contributed by atoms with Gasteiger partial charge >= 0.3 is 0 Å². The van der Waals surface area contributed by atoms with Crippen molar-refractivity contribution in [2.24, 2.45) is 4.99 Å². The third-order valence-electron chi connectivity index (χ3n) is 3.63. The maximum absolute atomic E-state index is 12.0. The molecule has 0 spiro atoms. The number of aliphatic imine (C=N–C) groups is 1. The van der Waals surface area contributed by atoms with Crippen molar-refractivity contribution in [2.75, 3.05) is 32.8 Å². The number of nitrogens with zero attached hydrogens (tertiary/aromatic N) is 1. The lowest BCUT2D eigenvalue weighted by atomic mass is 10.2. The molecule has 1 fully saturated rings. The number of nitrogens with one attached hydrogen (secondary N) is 3. The summed E-state index contributed by atoms with van der Waals surface area (Å²) in [6.45, 7) is 5.47. The van der Waals surface area contributed by atoms with Gasteiger partial charge in [0.05, 0.1) is 12.6 Å². The number of guanidine groups is 1. The van der Waals surface area contributed by atoms with Crippen molar-refractivity contribution < 1.29 is 9.53 Å². The summed E-state index contributed by atoms with van der Waals surface area (Å²) in [6, 6.07) is 7.29. The van der Waals surface area contributed by atoms with Gasteiger partial charge in [-0.25, -0.2) is 0 Å². The standard InChI is InChI=1S/C17H25BrN4O2/c1-2-19-17(22-12-15-4-3-11-24-15)21-10-9-20-16(23)13-5-7-14(18)8-6-13/h5-8,15H,2-4,9-12H2,1H3,(H,20,23)(H2,19,21,22). The molecule has 1 amide bonds. The number of hydrogen-bond donors (Lipinski definition) is 3. The Morgan fingerprint density at radius 3 is 2.67 bits per heavy atom. The van der Waals surface area contributed by atoms with E-state index < -0.39 is 0 Å². The zero-order valence-electron chi connectivity index (χ0n) is 14.0. The molecule has 1 unspecified atom stereocenters. The summed E-state index contributed by atoms with van der Waals surface area (Å²) in [4.78, 5) is 16.5. The summed E-state index contributed by atoms with van der Waals surface area (Å²) in [5, 5.41) is 9.31. The van der Waals surface area contributed by atoms with E-state index in [9.17, 15) is 4.79 Å². The zero-order chi connectivity index (χ0) is 17.2. The molecule has 1 saturated heterocycles. The summed E-state index contributed by atoms with van der Waals surface area (Å²) in [7, 11) is 0. The van der Waals surface area contributed by atoms with E-state index in [0.29, 0.717) is 25.2 Å². The topological polar surface area (TPSA) is 74.8 Å². The first-order valence-corrected chi connectivity index (χ1v) is 9.16. The molecule has 6 nitrogen and oxygen atoms in total. The van der Waals surface area contributed by atoms with Gasteiger partial charge in [0, 0.05) is 36.3 Å². The van der Waals surface area contributed by atoms with Crippen LogP contribution in [0.1, 0.15) is 30.1 Å². The van der Waals surface area contributed by atoms with Gasteiger partial charge in [-0.2, -0.15) is 0 Å². The summed E-state index contributed by atoms with van der Waals surface area (Å²) >= 11 is 3.36. The fourth-order valence-electron chi connectivity index (χ4n) is 2.38. The van der Waals surface area contributed by atoms with Crippen molar-refractivity contribution in [3.63, 3.8) is 0 Å². The fraction of sp³-hybridized carbons (Fsp3) is 0.529. The molecule has 2 rings (SSSR count). The number of amides is 1. The Morgan fingerprint density at radius 2 is 2.00 bits per heavy atom. The molecule has 0 aliphatic carbocycles. The molecule has 0 radical (unpaired) electrons. The summed E-state index contributed by atoms with van der Waals surface area (Å²) in [5.74, 6) is 0.677. The second-order valence-corrected chi connectivity index (χ2v) is 6.46. The van der Waals surface area contributed by atoms with Crippen molar-refractivity contribution in [3.05, 3.63) is 34.3 Å². The average molecular weight is 397 g/mol. The number of rotatable bonds is 7. The molecule has 24 heavy (non-hydrogen) atoms. The Balaban J connectivity index is 1.70. The quantitative estimate of drug-likeness (QED) is 0.373. The largest absolute Gasteiger partial charge is 0.376 e. The minimum atomic E-state index is -0.0782. The summed E-state index contributed by atoms with van der Waals surface area (Å²) in [5.41, 5.74) is 0.650. The highest BCUT2D eigenvalue weighted by molar-refractivity contribution is 9.10. The Hall–Kier alpha value is -1.60. The molecule has 1 aliphatic rings. The van der Waals surface area contributed by atoms with E-state index in [1.54, 1.807) is 12.1 Å². The van der Waals surface area contributed by atoms with Crippen molar-refractivity contribution >= 4 is 27.8 Å². The van der Waals surface area contributed by atoms with Crippen LogP contribution < -0.4 is 16.0 Å². The summed E-state index contributed by atoms with van der Waals surface area (Å²) < 4.78 is 6.53.